The topological polar surface area (TPSA) is 150 Å². The number of aromatic nitrogens is 3. The highest BCUT2D eigenvalue weighted by Gasteiger charge is 2.15. The third-order valence-corrected chi connectivity index (χ3v) is 7.89. The van der Waals surface area contributed by atoms with Crippen LogP contribution in [0.3, 0.4) is 0 Å². The van der Waals surface area contributed by atoms with Crippen LogP contribution >= 0.6 is 23.2 Å². The summed E-state index contributed by atoms with van der Waals surface area (Å²) in [6.45, 7) is 0.0511. The summed E-state index contributed by atoms with van der Waals surface area (Å²) in [5.74, 6) is 0.849. The number of amides is 2. The van der Waals surface area contributed by atoms with Crippen molar-refractivity contribution in [3.63, 3.8) is 0 Å². The number of sulfonamides is 1. The van der Waals surface area contributed by atoms with Crippen LogP contribution in [0.15, 0.2) is 71.9 Å². The first kappa shape index (κ1) is 27.6. The van der Waals surface area contributed by atoms with Crippen molar-refractivity contribution in [2.45, 2.75) is 17.7 Å². The van der Waals surface area contributed by atoms with Gasteiger partial charge in [0.1, 0.15) is 15.1 Å². The van der Waals surface area contributed by atoms with Crippen LogP contribution in [-0.2, 0) is 22.9 Å². The van der Waals surface area contributed by atoms with E-state index in [1.165, 1.54) is 24.5 Å². The van der Waals surface area contributed by atoms with Gasteiger partial charge in [-0.15, -0.1) is 0 Å². The lowest BCUT2D eigenvalue weighted by Gasteiger charge is -2.15. The lowest BCUT2D eigenvalue weighted by Crippen LogP contribution is -2.37. The maximum Gasteiger partial charge on any atom is 0.319 e. The van der Waals surface area contributed by atoms with Gasteiger partial charge in [-0.1, -0.05) is 35.3 Å². The maximum absolute atomic E-state index is 12.7. The molecule has 4 aromatic rings. The Kier molecular flexibility index (Phi) is 8.31. The summed E-state index contributed by atoms with van der Waals surface area (Å²) in [6, 6.07) is 15.7. The molecular formula is C26H24Cl2N8O3S. The molecule has 206 valence electrons. The van der Waals surface area contributed by atoms with Crippen LogP contribution in [0.2, 0.25) is 10.2 Å². The van der Waals surface area contributed by atoms with Crippen LogP contribution in [0.1, 0.15) is 11.1 Å². The minimum Gasteiger partial charge on any atom is -0.339 e. The van der Waals surface area contributed by atoms with Crippen molar-refractivity contribution < 1.29 is 13.2 Å². The largest absolute Gasteiger partial charge is 0.339 e. The standard InChI is InChI=1S/C26H24Cl2N8O3S/c27-21-15-31-25-34-18-3-1-2-16(12-18)4-5-17-13-19(33-24(21)36-25)6-8-22(17)35-26(37)29-10-11-32-40(38,39)20-7-9-23(28)30-14-20/h1-3,6-9,12-15,32H,4-5,10-11H2,(H2,29,35,37)(H2,31,33,34,36). The number of halogens is 2. The molecule has 0 saturated carbocycles. The van der Waals surface area contributed by atoms with E-state index in [9.17, 15) is 13.2 Å². The minimum atomic E-state index is -3.78. The average molecular weight is 600 g/mol. The van der Waals surface area contributed by atoms with Crippen LogP contribution in [0.25, 0.3) is 0 Å². The molecule has 6 bridgehead atoms. The molecule has 1 aliphatic heterocycles. The number of urea groups is 1. The van der Waals surface area contributed by atoms with E-state index in [4.69, 9.17) is 23.2 Å². The van der Waals surface area contributed by atoms with Crippen molar-refractivity contribution in [2.75, 3.05) is 29.0 Å². The van der Waals surface area contributed by atoms with E-state index in [-0.39, 0.29) is 23.1 Å². The molecule has 0 radical (unpaired) electrons. The van der Waals surface area contributed by atoms with Crippen LogP contribution in [0.4, 0.5) is 33.6 Å². The zero-order valence-corrected chi connectivity index (χ0v) is 23.2. The molecule has 2 aromatic carbocycles. The monoisotopic (exact) mass is 598 g/mol. The number of benzene rings is 2. The number of carbonyl (C=O) groups excluding carboxylic acids is 1. The fourth-order valence-electron chi connectivity index (χ4n) is 4.00. The number of anilines is 5. The molecule has 5 rings (SSSR count). The van der Waals surface area contributed by atoms with Gasteiger partial charge < -0.3 is 21.3 Å². The van der Waals surface area contributed by atoms with E-state index < -0.39 is 16.1 Å². The Bertz CT molecular complexity index is 1650. The van der Waals surface area contributed by atoms with E-state index in [0.29, 0.717) is 28.9 Å². The van der Waals surface area contributed by atoms with E-state index >= 15 is 0 Å². The Morgan fingerprint density at radius 2 is 1.77 bits per heavy atom. The summed E-state index contributed by atoms with van der Waals surface area (Å²) >= 11 is 12.0. The summed E-state index contributed by atoms with van der Waals surface area (Å²) in [5, 5.41) is 12.5. The third kappa shape index (κ3) is 6.96. The number of fused-ring (bicyclic) bond motifs is 6. The quantitative estimate of drug-likeness (QED) is 0.156. The lowest BCUT2D eigenvalue weighted by atomic mass is 10.0. The van der Waals surface area contributed by atoms with Gasteiger partial charge in [-0.25, -0.2) is 27.9 Å². The molecule has 0 saturated heterocycles. The number of nitrogens with zero attached hydrogens (tertiary/aromatic N) is 3. The zero-order valence-electron chi connectivity index (χ0n) is 20.9. The number of hydrogen-bond donors (Lipinski definition) is 5. The summed E-state index contributed by atoms with van der Waals surface area (Å²) in [6.07, 6.45) is 4.05. The van der Waals surface area contributed by atoms with Crippen molar-refractivity contribution in [1.82, 2.24) is 25.0 Å². The summed E-state index contributed by atoms with van der Waals surface area (Å²) in [4.78, 5) is 25.2. The van der Waals surface area contributed by atoms with Crippen molar-refractivity contribution in [1.29, 1.82) is 0 Å². The Morgan fingerprint density at radius 3 is 2.60 bits per heavy atom. The average Bonchev–Trinajstić information content (AvgIpc) is 2.93. The molecular weight excluding hydrogens is 575 g/mol. The number of hydrogen-bond acceptors (Lipinski definition) is 8. The normalized spacial score (nSPS) is 12.6. The summed E-state index contributed by atoms with van der Waals surface area (Å²) in [5.41, 5.74) is 4.19. The van der Waals surface area contributed by atoms with Gasteiger partial charge in [0.15, 0.2) is 5.82 Å². The predicted octanol–water partition coefficient (Wildman–Crippen LogP) is 4.86. The first-order chi connectivity index (χ1) is 19.2. The Hall–Kier alpha value is -3.97. The van der Waals surface area contributed by atoms with Crippen LogP contribution in [0, 0.1) is 0 Å². The molecule has 0 fully saturated rings. The van der Waals surface area contributed by atoms with Crippen molar-refractivity contribution in [2.24, 2.45) is 0 Å². The Labute approximate surface area is 240 Å². The van der Waals surface area contributed by atoms with Crippen molar-refractivity contribution in [3.05, 3.63) is 88.3 Å². The lowest BCUT2D eigenvalue weighted by molar-refractivity contribution is 0.252. The molecule has 14 heteroatoms. The molecule has 1 aliphatic rings. The molecule has 2 amide bonds. The Morgan fingerprint density at radius 1 is 0.925 bits per heavy atom. The molecule has 0 unspecified atom stereocenters. The molecule has 0 spiro atoms. The van der Waals surface area contributed by atoms with Gasteiger partial charge in [0.05, 0.1) is 6.20 Å². The molecule has 0 atom stereocenters. The minimum absolute atomic E-state index is 0.0137. The van der Waals surface area contributed by atoms with Gasteiger partial charge in [-0.2, -0.15) is 4.98 Å². The first-order valence-electron chi connectivity index (χ1n) is 12.2. The number of carbonyl (C=O) groups is 1. The van der Waals surface area contributed by atoms with Crippen LogP contribution in [-0.4, -0.2) is 42.5 Å². The zero-order chi connectivity index (χ0) is 28.1. The second kappa shape index (κ2) is 12.0. The van der Waals surface area contributed by atoms with E-state index in [2.05, 4.69) is 40.9 Å². The third-order valence-electron chi connectivity index (χ3n) is 5.94. The van der Waals surface area contributed by atoms with E-state index in [0.717, 1.165) is 28.9 Å². The van der Waals surface area contributed by atoms with Gasteiger partial charge >= 0.3 is 6.03 Å². The maximum atomic E-state index is 12.7. The van der Waals surface area contributed by atoms with Crippen LogP contribution < -0.4 is 26.0 Å². The summed E-state index contributed by atoms with van der Waals surface area (Å²) in [7, 11) is -3.78. The SMILES string of the molecule is O=C(NCCNS(=O)(=O)c1ccc(Cl)nc1)Nc1ccc2cc1CCc1cccc(c1)Nc1ncc(Cl)c(n1)N2. The number of rotatable bonds is 6. The highest BCUT2D eigenvalue weighted by atomic mass is 35.5. The van der Waals surface area contributed by atoms with Gasteiger partial charge in [0, 0.05) is 36.3 Å². The number of nitrogens with one attached hydrogen (secondary N) is 5. The molecule has 5 N–H and O–H groups in total. The molecule has 2 aromatic heterocycles. The second-order valence-corrected chi connectivity index (χ2v) is 11.4. The number of pyridine rings is 1. The van der Waals surface area contributed by atoms with Gasteiger partial charge in [-0.3, -0.25) is 0 Å². The van der Waals surface area contributed by atoms with Crippen molar-refractivity contribution in [3.8, 4) is 0 Å². The van der Waals surface area contributed by atoms with E-state index in [1.807, 2.05) is 30.3 Å². The fourth-order valence-corrected chi connectivity index (χ4v) is 5.22. The first-order valence-corrected chi connectivity index (χ1v) is 14.4. The van der Waals surface area contributed by atoms with E-state index in [1.54, 1.807) is 12.1 Å². The van der Waals surface area contributed by atoms with Gasteiger partial charge in [0.2, 0.25) is 16.0 Å². The van der Waals surface area contributed by atoms with Gasteiger partial charge in [0.25, 0.3) is 0 Å². The summed E-state index contributed by atoms with van der Waals surface area (Å²) < 4.78 is 27.2. The van der Waals surface area contributed by atoms with Crippen LogP contribution in [0.5, 0.6) is 0 Å². The molecule has 0 aliphatic carbocycles. The molecule has 11 nitrogen and oxygen atoms in total. The smallest absolute Gasteiger partial charge is 0.319 e. The number of aryl methyl sites for hydroxylation is 2. The van der Waals surface area contributed by atoms with Gasteiger partial charge in [-0.05, 0) is 66.4 Å². The molecule has 3 heterocycles. The predicted molar refractivity (Wildman–Crippen MR) is 155 cm³/mol. The fraction of sp³-hybridized carbons (Fsp3) is 0.154. The van der Waals surface area contributed by atoms with Crippen molar-refractivity contribution >= 4 is 68.1 Å². The second-order valence-electron chi connectivity index (χ2n) is 8.81. The molecule has 40 heavy (non-hydrogen) atoms. The highest BCUT2D eigenvalue weighted by Crippen LogP contribution is 2.29. The highest BCUT2D eigenvalue weighted by molar-refractivity contribution is 7.89. The Balaban J connectivity index is 1.27.